The molecule has 14 heavy (non-hydrogen) atoms. The minimum absolute atomic E-state index is 0.0175. The SMILES string of the molecule is O=C1C[C@H]2[C@@H]1C[C@@]13OCC(CO[C@H]21)O3. The third-order valence-corrected chi connectivity index (χ3v) is 4.04. The normalized spacial score (nSPS) is 59.3. The van der Waals surface area contributed by atoms with Crippen molar-refractivity contribution in [2.45, 2.75) is 30.8 Å². The van der Waals surface area contributed by atoms with E-state index in [1.807, 2.05) is 0 Å². The van der Waals surface area contributed by atoms with Crippen LogP contribution in [-0.4, -0.2) is 37.0 Å². The molecular formula is C10H12O4. The Hall–Kier alpha value is -0.450. The van der Waals surface area contributed by atoms with E-state index in [0.29, 0.717) is 31.3 Å². The average molecular weight is 196 g/mol. The van der Waals surface area contributed by atoms with Crippen LogP contribution in [-0.2, 0) is 19.0 Å². The minimum atomic E-state index is -0.551. The molecule has 4 aliphatic rings. The quantitative estimate of drug-likeness (QED) is 0.551. The zero-order chi connectivity index (χ0) is 9.34. The molecule has 2 aliphatic heterocycles. The summed E-state index contributed by atoms with van der Waals surface area (Å²) in [6, 6.07) is 0. The van der Waals surface area contributed by atoms with Crippen molar-refractivity contribution in [2.75, 3.05) is 13.2 Å². The Balaban J connectivity index is 1.73. The summed E-state index contributed by atoms with van der Waals surface area (Å²) < 4.78 is 17.3. The Bertz CT molecular complexity index is 315. The maximum atomic E-state index is 11.4. The fraction of sp³-hybridized carbons (Fsp3) is 0.900. The van der Waals surface area contributed by atoms with E-state index in [4.69, 9.17) is 14.2 Å². The molecule has 5 atom stereocenters. The smallest absolute Gasteiger partial charge is 0.196 e. The summed E-state index contributed by atoms with van der Waals surface area (Å²) in [5.41, 5.74) is 0. The third kappa shape index (κ3) is 0.710. The number of rotatable bonds is 0. The molecule has 0 aromatic carbocycles. The van der Waals surface area contributed by atoms with Crippen molar-refractivity contribution in [3.63, 3.8) is 0 Å². The number of hydrogen-bond donors (Lipinski definition) is 0. The van der Waals surface area contributed by atoms with Gasteiger partial charge in [0.25, 0.3) is 0 Å². The van der Waals surface area contributed by atoms with E-state index in [1.165, 1.54) is 0 Å². The lowest BCUT2D eigenvalue weighted by molar-refractivity contribution is -0.267. The van der Waals surface area contributed by atoms with Crippen LogP contribution in [0.4, 0.5) is 0 Å². The monoisotopic (exact) mass is 196 g/mol. The fourth-order valence-electron chi connectivity index (χ4n) is 3.32. The Kier molecular flexibility index (Phi) is 1.23. The lowest BCUT2D eigenvalue weighted by Crippen LogP contribution is -2.49. The Labute approximate surface area is 81.5 Å². The van der Waals surface area contributed by atoms with Gasteiger partial charge in [0, 0.05) is 24.7 Å². The van der Waals surface area contributed by atoms with Crippen molar-refractivity contribution >= 4 is 5.78 Å². The molecule has 2 heterocycles. The predicted molar refractivity (Wildman–Crippen MR) is 44.5 cm³/mol. The van der Waals surface area contributed by atoms with Gasteiger partial charge in [-0.25, -0.2) is 0 Å². The highest BCUT2D eigenvalue weighted by molar-refractivity contribution is 5.88. The van der Waals surface area contributed by atoms with Crippen molar-refractivity contribution in [3.05, 3.63) is 0 Å². The molecule has 2 aliphatic carbocycles. The summed E-state index contributed by atoms with van der Waals surface area (Å²) >= 11 is 0. The Morgan fingerprint density at radius 2 is 2.29 bits per heavy atom. The number of hydrogen-bond acceptors (Lipinski definition) is 4. The van der Waals surface area contributed by atoms with Gasteiger partial charge in [-0.3, -0.25) is 4.79 Å². The zero-order valence-corrected chi connectivity index (χ0v) is 7.77. The van der Waals surface area contributed by atoms with Gasteiger partial charge in [-0.15, -0.1) is 0 Å². The van der Waals surface area contributed by atoms with E-state index in [9.17, 15) is 4.79 Å². The van der Waals surface area contributed by atoms with E-state index in [0.717, 1.165) is 6.42 Å². The van der Waals surface area contributed by atoms with E-state index in [2.05, 4.69) is 0 Å². The van der Waals surface area contributed by atoms with Gasteiger partial charge in [-0.1, -0.05) is 0 Å². The van der Waals surface area contributed by atoms with Crippen LogP contribution >= 0.6 is 0 Å². The molecule has 2 saturated carbocycles. The van der Waals surface area contributed by atoms with Crippen molar-refractivity contribution < 1.29 is 19.0 Å². The van der Waals surface area contributed by atoms with E-state index in [-0.39, 0.29) is 18.1 Å². The number of fused-ring (bicyclic) bond motifs is 3. The van der Waals surface area contributed by atoms with Crippen LogP contribution in [0.25, 0.3) is 0 Å². The lowest BCUT2D eigenvalue weighted by Gasteiger charge is -2.37. The number of Topliss-reactive ketones (excluding diaryl/α,β-unsaturated/α-hetero) is 1. The third-order valence-electron chi connectivity index (χ3n) is 4.04. The standard InChI is InChI=1S/C10H12O4/c11-8-1-6-7(8)2-10-9(6)12-3-5(14-10)4-13-10/h5-7,9H,1-4H2/t5?,6-,7-,9+,10-/m0/s1. The van der Waals surface area contributed by atoms with Crippen LogP contribution in [0.15, 0.2) is 0 Å². The molecule has 76 valence electrons. The summed E-state index contributed by atoms with van der Waals surface area (Å²) in [5, 5.41) is 0. The maximum absolute atomic E-state index is 11.4. The molecule has 0 aromatic rings. The summed E-state index contributed by atoms with van der Waals surface area (Å²) in [6.07, 6.45) is 1.49. The predicted octanol–water partition coefficient (Wildman–Crippen LogP) is 0.106. The first kappa shape index (κ1) is 7.79. The number of ketones is 1. The second-order valence-corrected chi connectivity index (χ2v) is 4.76. The molecule has 4 heteroatoms. The minimum Gasteiger partial charge on any atom is -0.369 e. The first-order valence-corrected chi connectivity index (χ1v) is 5.25. The fourth-order valence-corrected chi connectivity index (χ4v) is 3.32. The molecule has 0 aromatic heterocycles. The van der Waals surface area contributed by atoms with Gasteiger partial charge in [0.15, 0.2) is 5.79 Å². The summed E-state index contributed by atoms with van der Waals surface area (Å²) in [6.45, 7) is 1.26. The molecule has 1 unspecified atom stereocenters. The molecule has 4 fully saturated rings. The van der Waals surface area contributed by atoms with Crippen molar-refractivity contribution in [1.29, 1.82) is 0 Å². The maximum Gasteiger partial charge on any atom is 0.196 e. The Morgan fingerprint density at radius 1 is 1.36 bits per heavy atom. The van der Waals surface area contributed by atoms with Crippen molar-refractivity contribution in [1.82, 2.24) is 0 Å². The molecule has 2 saturated heterocycles. The molecule has 0 amide bonds. The second-order valence-electron chi connectivity index (χ2n) is 4.76. The highest BCUT2D eigenvalue weighted by Crippen LogP contribution is 2.56. The van der Waals surface area contributed by atoms with Gasteiger partial charge < -0.3 is 14.2 Å². The van der Waals surface area contributed by atoms with Gasteiger partial charge in [-0.2, -0.15) is 0 Å². The van der Waals surface area contributed by atoms with Crippen molar-refractivity contribution in [3.8, 4) is 0 Å². The highest BCUT2D eigenvalue weighted by Gasteiger charge is 2.67. The molecule has 1 spiro atoms. The van der Waals surface area contributed by atoms with E-state index >= 15 is 0 Å². The van der Waals surface area contributed by atoms with Crippen LogP contribution in [0.1, 0.15) is 12.8 Å². The molecule has 2 bridgehead atoms. The van der Waals surface area contributed by atoms with Crippen LogP contribution in [0.2, 0.25) is 0 Å². The van der Waals surface area contributed by atoms with Gasteiger partial charge in [-0.05, 0) is 0 Å². The van der Waals surface area contributed by atoms with Gasteiger partial charge in [0.2, 0.25) is 0 Å². The van der Waals surface area contributed by atoms with Crippen LogP contribution in [0, 0.1) is 11.8 Å². The van der Waals surface area contributed by atoms with E-state index in [1.54, 1.807) is 0 Å². The largest absolute Gasteiger partial charge is 0.369 e. The Morgan fingerprint density at radius 3 is 3.14 bits per heavy atom. The van der Waals surface area contributed by atoms with Gasteiger partial charge in [0.1, 0.15) is 18.0 Å². The second kappa shape index (κ2) is 2.21. The molecular weight excluding hydrogens is 184 g/mol. The summed E-state index contributed by atoms with van der Waals surface area (Å²) in [7, 11) is 0. The van der Waals surface area contributed by atoms with Crippen LogP contribution in [0.3, 0.4) is 0 Å². The van der Waals surface area contributed by atoms with Gasteiger partial charge in [0.05, 0.1) is 13.2 Å². The van der Waals surface area contributed by atoms with Gasteiger partial charge >= 0.3 is 0 Å². The lowest BCUT2D eigenvalue weighted by atomic mass is 9.74. The average Bonchev–Trinajstić information content (AvgIpc) is 2.65. The van der Waals surface area contributed by atoms with Crippen molar-refractivity contribution in [2.24, 2.45) is 11.8 Å². The highest BCUT2D eigenvalue weighted by atomic mass is 16.8. The van der Waals surface area contributed by atoms with Crippen LogP contribution < -0.4 is 0 Å². The summed E-state index contributed by atoms with van der Waals surface area (Å²) in [4.78, 5) is 11.4. The first-order valence-electron chi connectivity index (χ1n) is 5.25. The van der Waals surface area contributed by atoms with E-state index < -0.39 is 5.79 Å². The first-order chi connectivity index (χ1) is 6.78. The molecule has 0 radical (unpaired) electrons. The number of carbonyl (C=O) groups is 1. The molecule has 0 N–H and O–H groups in total. The zero-order valence-electron chi connectivity index (χ0n) is 7.77. The molecule has 4 nitrogen and oxygen atoms in total. The number of ether oxygens (including phenoxy) is 3. The molecule has 4 rings (SSSR count). The topological polar surface area (TPSA) is 44.8 Å². The van der Waals surface area contributed by atoms with Crippen LogP contribution in [0.5, 0.6) is 0 Å². The number of carbonyl (C=O) groups excluding carboxylic acids is 1. The summed E-state index contributed by atoms with van der Waals surface area (Å²) in [5.74, 6) is 0.321.